The second kappa shape index (κ2) is 10.5. The molecule has 2 atom stereocenters. The summed E-state index contributed by atoms with van der Waals surface area (Å²) in [6.07, 6.45) is 10.8. The van der Waals surface area contributed by atoms with Crippen molar-refractivity contribution in [2.45, 2.75) is 72.4 Å². The van der Waals surface area contributed by atoms with Gasteiger partial charge in [-0.05, 0) is 67.2 Å². The van der Waals surface area contributed by atoms with Crippen LogP contribution >= 0.6 is 0 Å². The van der Waals surface area contributed by atoms with Crippen molar-refractivity contribution < 1.29 is 4.79 Å². The molecule has 2 aromatic heterocycles. The number of urea groups is 1. The number of carbonyl (C=O) groups excluding carboxylic acids is 1. The van der Waals surface area contributed by atoms with Gasteiger partial charge in [-0.3, -0.25) is 4.68 Å². The van der Waals surface area contributed by atoms with E-state index in [9.17, 15) is 4.79 Å². The van der Waals surface area contributed by atoms with Crippen LogP contribution in [0.3, 0.4) is 0 Å². The molecule has 0 spiro atoms. The average molecular weight is 502 g/mol. The smallest absolute Gasteiger partial charge is 0.317 e. The van der Waals surface area contributed by atoms with Gasteiger partial charge in [-0.25, -0.2) is 14.8 Å². The number of aryl methyl sites for hydroxylation is 2. The molecule has 2 unspecified atom stereocenters. The summed E-state index contributed by atoms with van der Waals surface area (Å²) < 4.78 is 1.86. The lowest BCUT2D eigenvalue weighted by Gasteiger charge is -2.28. The van der Waals surface area contributed by atoms with Crippen LogP contribution < -0.4 is 10.6 Å². The third-order valence-electron chi connectivity index (χ3n) is 7.87. The fraction of sp³-hybridized carbons (Fsp3) is 0.517. The van der Waals surface area contributed by atoms with E-state index in [2.05, 4.69) is 66.6 Å². The van der Waals surface area contributed by atoms with Gasteiger partial charge >= 0.3 is 6.03 Å². The van der Waals surface area contributed by atoms with Crippen LogP contribution in [-0.4, -0.2) is 43.8 Å². The number of nitrogens with one attached hydrogen (secondary N) is 2. The fourth-order valence-corrected chi connectivity index (χ4v) is 5.49. The lowest BCUT2D eigenvalue weighted by Crippen LogP contribution is -2.41. The minimum atomic E-state index is 0.0467. The molecule has 1 fully saturated rings. The van der Waals surface area contributed by atoms with E-state index < -0.39 is 0 Å². The number of benzene rings is 1. The zero-order valence-electron chi connectivity index (χ0n) is 22.5. The van der Waals surface area contributed by atoms with Crippen LogP contribution in [-0.2, 0) is 13.0 Å². The molecule has 37 heavy (non-hydrogen) atoms. The van der Waals surface area contributed by atoms with Crippen LogP contribution in [0, 0.1) is 11.3 Å². The number of likely N-dealkylation sites (tertiary alicyclic amines) is 1. The number of aromatic nitrogens is 4. The van der Waals surface area contributed by atoms with Crippen molar-refractivity contribution in [2.24, 2.45) is 11.3 Å². The van der Waals surface area contributed by atoms with Gasteiger partial charge in [-0.15, -0.1) is 0 Å². The largest absolute Gasteiger partial charge is 0.331 e. The van der Waals surface area contributed by atoms with Gasteiger partial charge in [0.25, 0.3) is 0 Å². The molecule has 3 heterocycles. The first-order chi connectivity index (χ1) is 17.8. The standard InChI is InChI=1S/C29H39N7O/c1-5-36-19-23(17-31-36)32-27-30-14-12-25(33-27)21-10-11-24-20(16-21)8-6-7-9-26(24)34-28(37)35-15-13-22(18-35)29(2,3)4/h10-12,14,16-17,19,22,26H,5-9,13,15,18H2,1-4H3,(H,34,37)(H,30,32,33). The molecule has 1 aliphatic heterocycles. The molecule has 8 heteroatoms. The molecule has 0 saturated carbocycles. The van der Waals surface area contributed by atoms with Gasteiger partial charge < -0.3 is 15.5 Å². The van der Waals surface area contributed by atoms with Crippen molar-refractivity contribution in [2.75, 3.05) is 18.4 Å². The fourth-order valence-electron chi connectivity index (χ4n) is 5.49. The lowest BCUT2D eigenvalue weighted by molar-refractivity contribution is 0.192. The van der Waals surface area contributed by atoms with E-state index in [1.54, 1.807) is 12.4 Å². The summed E-state index contributed by atoms with van der Waals surface area (Å²) in [5.41, 5.74) is 5.57. The minimum absolute atomic E-state index is 0.0467. The average Bonchev–Trinajstić information content (AvgIpc) is 3.52. The monoisotopic (exact) mass is 501 g/mol. The van der Waals surface area contributed by atoms with Crippen molar-refractivity contribution >= 4 is 17.7 Å². The number of anilines is 2. The van der Waals surface area contributed by atoms with Crippen LogP contribution in [0.4, 0.5) is 16.4 Å². The molecule has 8 nitrogen and oxygen atoms in total. The highest BCUT2D eigenvalue weighted by atomic mass is 16.2. The highest BCUT2D eigenvalue weighted by Crippen LogP contribution is 2.35. The van der Waals surface area contributed by atoms with Gasteiger partial charge in [0.05, 0.1) is 23.6 Å². The van der Waals surface area contributed by atoms with Gasteiger partial charge in [-0.2, -0.15) is 5.10 Å². The number of rotatable bonds is 5. The first-order valence-electron chi connectivity index (χ1n) is 13.6. The van der Waals surface area contributed by atoms with E-state index in [0.717, 1.165) is 68.7 Å². The first kappa shape index (κ1) is 25.2. The molecule has 1 aliphatic carbocycles. The number of fused-ring (bicyclic) bond motifs is 1. The van der Waals surface area contributed by atoms with E-state index in [-0.39, 0.29) is 17.5 Å². The Kier molecular flexibility index (Phi) is 7.17. The lowest BCUT2D eigenvalue weighted by atomic mass is 9.80. The third kappa shape index (κ3) is 5.78. The summed E-state index contributed by atoms with van der Waals surface area (Å²) in [6, 6.07) is 8.61. The molecule has 1 saturated heterocycles. The SMILES string of the molecule is CCn1cc(Nc2nccc(-c3ccc4c(c3)CCCCC4NC(=O)N3CCC(C(C)(C)C)C3)n2)cn1. The second-order valence-corrected chi connectivity index (χ2v) is 11.4. The van der Waals surface area contributed by atoms with Crippen molar-refractivity contribution in [1.82, 2.24) is 30.0 Å². The van der Waals surface area contributed by atoms with Crippen LogP contribution in [0.1, 0.15) is 70.5 Å². The number of hydrogen-bond donors (Lipinski definition) is 2. The summed E-state index contributed by atoms with van der Waals surface area (Å²) in [5.74, 6) is 1.10. The number of hydrogen-bond acceptors (Lipinski definition) is 5. The highest BCUT2D eigenvalue weighted by Gasteiger charge is 2.34. The van der Waals surface area contributed by atoms with Crippen LogP contribution in [0.2, 0.25) is 0 Å². The maximum absolute atomic E-state index is 13.2. The van der Waals surface area contributed by atoms with Gasteiger partial charge in [0.1, 0.15) is 0 Å². The number of amides is 2. The predicted octanol–water partition coefficient (Wildman–Crippen LogP) is 5.95. The zero-order valence-corrected chi connectivity index (χ0v) is 22.5. The summed E-state index contributed by atoms with van der Waals surface area (Å²) in [6.45, 7) is 11.4. The summed E-state index contributed by atoms with van der Waals surface area (Å²) in [5, 5.41) is 10.9. The Morgan fingerprint density at radius 3 is 2.78 bits per heavy atom. The van der Waals surface area contributed by atoms with E-state index in [0.29, 0.717) is 11.9 Å². The molecule has 0 bridgehead atoms. The van der Waals surface area contributed by atoms with Crippen LogP contribution in [0.15, 0.2) is 42.9 Å². The van der Waals surface area contributed by atoms with Gasteiger partial charge in [-0.1, -0.05) is 39.3 Å². The molecule has 196 valence electrons. The van der Waals surface area contributed by atoms with E-state index in [1.807, 2.05) is 21.8 Å². The maximum Gasteiger partial charge on any atom is 0.317 e. The summed E-state index contributed by atoms with van der Waals surface area (Å²) in [4.78, 5) is 24.3. The zero-order chi connectivity index (χ0) is 26.0. The van der Waals surface area contributed by atoms with E-state index in [1.165, 1.54) is 11.1 Å². The molecule has 2 N–H and O–H groups in total. The topological polar surface area (TPSA) is 88.0 Å². The number of carbonyl (C=O) groups is 1. The minimum Gasteiger partial charge on any atom is -0.331 e. The maximum atomic E-state index is 13.2. The summed E-state index contributed by atoms with van der Waals surface area (Å²) >= 11 is 0. The highest BCUT2D eigenvalue weighted by molar-refractivity contribution is 5.75. The summed E-state index contributed by atoms with van der Waals surface area (Å²) in [7, 11) is 0. The normalized spacial score (nSPS) is 19.8. The van der Waals surface area contributed by atoms with Gasteiger partial charge in [0.2, 0.25) is 5.95 Å². The molecule has 2 aliphatic rings. The second-order valence-electron chi connectivity index (χ2n) is 11.4. The third-order valence-corrected chi connectivity index (χ3v) is 7.87. The Bertz CT molecular complexity index is 1250. The quantitative estimate of drug-likeness (QED) is 0.422. The van der Waals surface area contributed by atoms with Crippen molar-refractivity contribution in [3.8, 4) is 11.3 Å². The first-order valence-corrected chi connectivity index (χ1v) is 13.6. The van der Waals surface area contributed by atoms with Gasteiger partial charge in [0.15, 0.2) is 0 Å². The van der Waals surface area contributed by atoms with Crippen molar-refractivity contribution in [3.05, 3.63) is 54.0 Å². The molecule has 0 radical (unpaired) electrons. The molecule has 1 aromatic carbocycles. The Hall–Kier alpha value is -3.42. The van der Waals surface area contributed by atoms with Crippen LogP contribution in [0.25, 0.3) is 11.3 Å². The molecule has 2 amide bonds. The Labute approximate surface area is 219 Å². The van der Waals surface area contributed by atoms with Crippen LogP contribution in [0.5, 0.6) is 0 Å². The molecule has 5 rings (SSSR count). The molecular formula is C29H39N7O. The Morgan fingerprint density at radius 1 is 1.16 bits per heavy atom. The van der Waals surface area contributed by atoms with E-state index in [4.69, 9.17) is 4.98 Å². The molecular weight excluding hydrogens is 462 g/mol. The van der Waals surface area contributed by atoms with Crippen molar-refractivity contribution in [1.29, 1.82) is 0 Å². The predicted molar refractivity (Wildman–Crippen MR) is 147 cm³/mol. The Balaban J connectivity index is 1.31. The van der Waals surface area contributed by atoms with E-state index >= 15 is 0 Å². The molecule has 3 aromatic rings. The number of nitrogens with zero attached hydrogens (tertiary/aromatic N) is 5. The van der Waals surface area contributed by atoms with Crippen molar-refractivity contribution in [3.63, 3.8) is 0 Å². The van der Waals surface area contributed by atoms with Gasteiger partial charge in [0, 0.05) is 37.6 Å². The Morgan fingerprint density at radius 2 is 2.03 bits per heavy atom.